The Bertz CT molecular complexity index is 264. The van der Waals surface area contributed by atoms with Crippen molar-refractivity contribution in [2.45, 2.75) is 33.2 Å². The van der Waals surface area contributed by atoms with Gasteiger partial charge in [0.25, 0.3) is 0 Å². The third-order valence-corrected chi connectivity index (χ3v) is 1.93. The van der Waals surface area contributed by atoms with E-state index in [1.165, 1.54) is 0 Å². The second kappa shape index (κ2) is 4.13. The largest absolute Gasteiger partial charge is 0.326 e. The molecule has 1 amide bonds. The lowest BCUT2D eigenvalue weighted by Gasteiger charge is -2.29. The van der Waals surface area contributed by atoms with E-state index < -0.39 is 5.54 Å². The molecule has 0 saturated carbocycles. The Labute approximate surface area is 80.6 Å². The van der Waals surface area contributed by atoms with Crippen LogP contribution in [-0.2, 0) is 4.79 Å². The van der Waals surface area contributed by atoms with Crippen molar-refractivity contribution in [3.05, 3.63) is 11.6 Å². The highest BCUT2D eigenvalue weighted by molar-refractivity contribution is 5.88. The molecule has 0 heterocycles. The maximum absolute atomic E-state index is 11.5. The molecular formula is C11H17NO. The summed E-state index contributed by atoms with van der Waals surface area (Å²) >= 11 is 0. The van der Waals surface area contributed by atoms with Gasteiger partial charge in [0.05, 0.1) is 5.54 Å². The molecule has 0 atom stereocenters. The van der Waals surface area contributed by atoms with Crippen molar-refractivity contribution in [1.29, 1.82) is 0 Å². The zero-order chi connectivity index (χ0) is 10.6. The van der Waals surface area contributed by atoms with Crippen LogP contribution in [0.15, 0.2) is 11.6 Å². The van der Waals surface area contributed by atoms with E-state index in [1.54, 1.807) is 18.0 Å². The first-order valence-corrected chi connectivity index (χ1v) is 4.21. The van der Waals surface area contributed by atoms with Crippen LogP contribution in [0.4, 0.5) is 0 Å². The zero-order valence-corrected chi connectivity index (χ0v) is 9.01. The van der Waals surface area contributed by atoms with E-state index in [-0.39, 0.29) is 5.91 Å². The molecule has 0 rings (SSSR count). The highest BCUT2D eigenvalue weighted by Gasteiger charge is 2.23. The van der Waals surface area contributed by atoms with Crippen LogP contribution in [0.25, 0.3) is 0 Å². The predicted molar refractivity (Wildman–Crippen MR) is 55.1 cm³/mol. The molecule has 0 aromatic carbocycles. The van der Waals surface area contributed by atoms with Gasteiger partial charge in [-0.1, -0.05) is 11.5 Å². The molecule has 0 aliphatic carbocycles. The minimum Gasteiger partial charge on any atom is -0.326 e. The fourth-order valence-electron chi connectivity index (χ4n) is 0.716. The van der Waals surface area contributed by atoms with Gasteiger partial charge in [0.2, 0.25) is 5.91 Å². The Balaban J connectivity index is 4.65. The quantitative estimate of drug-likeness (QED) is 0.468. The topological polar surface area (TPSA) is 20.3 Å². The minimum absolute atomic E-state index is 0.0528. The van der Waals surface area contributed by atoms with Crippen LogP contribution in [0.5, 0.6) is 0 Å². The zero-order valence-electron chi connectivity index (χ0n) is 9.01. The SMILES string of the molecule is C#CC(C)(C)N(C)C(=O)C=C(C)C. The van der Waals surface area contributed by atoms with Crippen molar-refractivity contribution < 1.29 is 4.79 Å². The van der Waals surface area contributed by atoms with Crippen LogP contribution in [0.1, 0.15) is 27.7 Å². The Hall–Kier alpha value is -1.23. The molecule has 0 bridgehead atoms. The molecule has 2 heteroatoms. The van der Waals surface area contributed by atoms with Crippen LogP contribution in [0.3, 0.4) is 0 Å². The number of carbonyl (C=O) groups is 1. The summed E-state index contributed by atoms with van der Waals surface area (Å²) in [5, 5.41) is 0. The molecule has 0 fully saturated rings. The lowest BCUT2D eigenvalue weighted by atomic mass is 10.1. The number of amides is 1. The number of nitrogens with zero attached hydrogens (tertiary/aromatic N) is 1. The summed E-state index contributed by atoms with van der Waals surface area (Å²) in [5.41, 5.74) is 0.452. The molecule has 0 aliphatic rings. The number of likely N-dealkylation sites (N-methyl/N-ethyl adjacent to an activating group) is 1. The fourth-order valence-corrected chi connectivity index (χ4v) is 0.716. The molecular weight excluding hydrogens is 162 g/mol. The molecule has 0 N–H and O–H groups in total. The van der Waals surface area contributed by atoms with E-state index in [1.807, 2.05) is 27.7 Å². The smallest absolute Gasteiger partial charge is 0.247 e. The molecule has 0 aliphatic heterocycles. The first-order valence-electron chi connectivity index (χ1n) is 4.21. The summed E-state index contributed by atoms with van der Waals surface area (Å²) < 4.78 is 0. The van der Waals surface area contributed by atoms with Gasteiger partial charge in [0.15, 0.2) is 0 Å². The van der Waals surface area contributed by atoms with E-state index in [0.29, 0.717) is 0 Å². The highest BCUT2D eigenvalue weighted by atomic mass is 16.2. The standard InChI is InChI=1S/C11H17NO/c1-7-11(4,5)12(6)10(13)8-9(2)3/h1,8H,2-6H3. The van der Waals surface area contributed by atoms with Crippen molar-refractivity contribution in [1.82, 2.24) is 4.90 Å². The number of hydrogen-bond donors (Lipinski definition) is 0. The van der Waals surface area contributed by atoms with Crippen LogP contribution in [0.2, 0.25) is 0 Å². The molecule has 13 heavy (non-hydrogen) atoms. The van der Waals surface area contributed by atoms with Gasteiger partial charge < -0.3 is 4.90 Å². The average Bonchev–Trinajstić information content (AvgIpc) is 2.01. The van der Waals surface area contributed by atoms with Gasteiger partial charge in [-0.3, -0.25) is 4.79 Å². The maximum Gasteiger partial charge on any atom is 0.247 e. The first-order chi connectivity index (χ1) is 5.81. The summed E-state index contributed by atoms with van der Waals surface area (Å²) in [6.07, 6.45) is 6.89. The Morgan fingerprint density at radius 3 is 2.23 bits per heavy atom. The summed E-state index contributed by atoms with van der Waals surface area (Å²) in [6, 6.07) is 0. The summed E-state index contributed by atoms with van der Waals surface area (Å²) in [5.74, 6) is 2.52. The van der Waals surface area contributed by atoms with Crippen molar-refractivity contribution in [3.8, 4) is 12.3 Å². The first kappa shape index (κ1) is 11.8. The normalized spacial score (nSPS) is 10.2. The molecule has 0 unspecified atom stereocenters. The second-order valence-electron chi connectivity index (χ2n) is 3.82. The van der Waals surface area contributed by atoms with Gasteiger partial charge in [-0.2, -0.15) is 0 Å². The van der Waals surface area contributed by atoms with E-state index >= 15 is 0 Å². The van der Waals surface area contributed by atoms with E-state index in [0.717, 1.165) is 5.57 Å². The van der Waals surface area contributed by atoms with Gasteiger partial charge in [-0.05, 0) is 27.7 Å². The van der Waals surface area contributed by atoms with Crippen LogP contribution in [-0.4, -0.2) is 23.4 Å². The Morgan fingerprint density at radius 2 is 1.92 bits per heavy atom. The fraction of sp³-hybridized carbons (Fsp3) is 0.545. The Kier molecular flexibility index (Phi) is 3.74. The third-order valence-electron chi connectivity index (χ3n) is 1.93. The number of carbonyl (C=O) groups excluding carboxylic acids is 1. The lowest BCUT2D eigenvalue weighted by Crippen LogP contribution is -2.43. The number of allylic oxidation sites excluding steroid dienone is 1. The van der Waals surface area contributed by atoms with E-state index in [4.69, 9.17) is 6.42 Å². The predicted octanol–water partition coefficient (Wildman–Crippen LogP) is 1.82. The van der Waals surface area contributed by atoms with Crippen LogP contribution >= 0.6 is 0 Å². The minimum atomic E-state index is -0.525. The monoisotopic (exact) mass is 179 g/mol. The lowest BCUT2D eigenvalue weighted by molar-refractivity contribution is -0.127. The number of terminal acetylenes is 1. The third kappa shape index (κ3) is 3.33. The highest BCUT2D eigenvalue weighted by Crippen LogP contribution is 2.11. The van der Waals surface area contributed by atoms with E-state index in [2.05, 4.69) is 5.92 Å². The molecule has 0 saturated heterocycles. The molecule has 72 valence electrons. The Morgan fingerprint density at radius 1 is 1.46 bits per heavy atom. The summed E-state index contributed by atoms with van der Waals surface area (Å²) in [7, 11) is 1.71. The van der Waals surface area contributed by atoms with Gasteiger partial charge in [-0.25, -0.2) is 0 Å². The number of rotatable bonds is 2. The van der Waals surface area contributed by atoms with Crippen molar-refractivity contribution in [3.63, 3.8) is 0 Å². The van der Waals surface area contributed by atoms with Gasteiger partial charge in [-0.15, -0.1) is 6.42 Å². The maximum atomic E-state index is 11.5. The molecule has 2 nitrogen and oxygen atoms in total. The summed E-state index contributed by atoms with van der Waals surface area (Å²) in [6.45, 7) is 7.44. The van der Waals surface area contributed by atoms with Crippen molar-refractivity contribution >= 4 is 5.91 Å². The molecule has 0 aromatic rings. The average molecular weight is 179 g/mol. The van der Waals surface area contributed by atoms with Gasteiger partial charge in [0, 0.05) is 13.1 Å². The van der Waals surface area contributed by atoms with Crippen molar-refractivity contribution in [2.75, 3.05) is 7.05 Å². The molecule has 0 radical (unpaired) electrons. The molecule has 0 aromatic heterocycles. The van der Waals surface area contributed by atoms with Crippen molar-refractivity contribution in [2.24, 2.45) is 0 Å². The van der Waals surface area contributed by atoms with Crippen LogP contribution < -0.4 is 0 Å². The summed E-state index contributed by atoms with van der Waals surface area (Å²) in [4.78, 5) is 13.1. The van der Waals surface area contributed by atoms with Gasteiger partial charge >= 0.3 is 0 Å². The second-order valence-corrected chi connectivity index (χ2v) is 3.82. The van der Waals surface area contributed by atoms with Gasteiger partial charge in [0.1, 0.15) is 0 Å². The number of hydrogen-bond acceptors (Lipinski definition) is 1. The van der Waals surface area contributed by atoms with E-state index in [9.17, 15) is 4.79 Å². The molecule has 0 spiro atoms. The van der Waals surface area contributed by atoms with Crippen LogP contribution in [0, 0.1) is 12.3 Å².